The predicted molar refractivity (Wildman–Crippen MR) is 100 cm³/mol. The molecule has 0 saturated heterocycles. The molecule has 0 spiro atoms. The topological polar surface area (TPSA) is 208 Å². The van der Waals surface area contributed by atoms with Crippen molar-refractivity contribution in [3.8, 4) is 0 Å². The monoisotopic (exact) mass is 418 g/mol. The van der Waals surface area contributed by atoms with Crippen LogP contribution < -0.4 is 21.7 Å². The number of amides is 3. The summed E-state index contributed by atoms with van der Waals surface area (Å²) in [5.74, 6) is -5.07. The van der Waals surface area contributed by atoms with Crippen molar-refractivity contribution in [1.82, 2.24) is 16.0 Å². The Morgan fingerprint density at radius 1 is 0.931 bits per heavy atom. The third-order valence-corrected chi connectivity index (χ3v) is 4.35. The lowest BCUT2D eigenvalue weighted by Gasteiger charge is -2.26. The summed E-state index contributed by atoms with van der Waals surface area (Å²) in [6, 6.07) is -4.81. The molecule has 0 aliphatic carbocycles. The average Bonchev–Trinajstić information content (AvgIpc) is 2.66. The number of nitrogens with one attached hydrogen (secondary N) is 3. The van der Waals surface area contributed by atoms with Gasteiger partial charge in [-0.15, -0.1) is 0 Å². The molecule has 0 aliphatic heterocycles. The molecule has 166 valence electrons. The summed E-state index contributed by atoms with van der Waals surface area (Å²) in [6.07, 6.45) is 0.100. The second kappa shape index (κ2) is 12.7. The van der Waals surface area contributed by atoms with Gasteiger partial charge in [0.1, 0.15) is 18.1 Å². The highest BCUT2D eigenvalue weighted by Crippen LogP contribution is 2.09. The summed E-state index contributed by atoms with van der Waals surface area (Å²) in [5, 5.41) is 33.4. The van der Waals surface area contributed by atoms with Crippen LogP contribution in [0.2, 0.25) is 0 Å². The van der Waals surface area contributed by atoms with Gasteiger partial charge in [0.15, 0.2) is 0 Å². The Bertz CT molecular complexity index is 612. The number of hydrogen-bond donors (Lipinski definition) is 7. The molecule has 0 aliphatic rings. The Kier molecular flexibility index (Phi) is 11.5. The van der Waals surface area contributed by atoms with Gasteiger partial charge >= 0.3 is 11.9 Å². The fourth-order valence-electron chi connectivity index (χ4n) is 2.22. The summed E-state index contributed by atoms with van der Waals surface area (Å²) in [7, 11) is 0. The van der Waals surface area contributed by atoms with E-state index in [2.05, 4.69) is 16.0 Å². The van der Waals surface area contributed by atoms with E-state index >= 15 is 0 Å². The van der Waals surface area contributed by atoms with E-state index in [-0.39, 0.29) is 18.8 Å². The average molecular weight is 418 g/mol. The van der Waals surface area contributed by atoms with Gasteiger partial charge in [0.25, 0.3) is 0 Å². The van der Waals surface area contributed by atoms with Crippen LogP contribution >= 0.6 is 0 Å². The van der Waals surface area contributed by atoms with E-state index in [1.807, 2.05) is 0 Å². The lowest BCUT2D eigenvalue weighted by Crippen LogP contribution is -2.58. The number of carbonyl (C=O) groups is 5. The van der Waals surface area contributed by atoms with Crippen LogP contribution in [0.15, 0.2) is 0 Å². The number of carbonyl (C=O) groups excluding carboxylic acids is 3. The summed E-state index contributed by atoms with van der Waals surface area (Å²) in [6.45, 7) is 3.99. The summed E-state index contributed by atoms with van der Waals surface area (Å²) in [4.78, 5) is 58.2. The Morgan fingerprint density at radius 2 is 1.52 bits per heavy atom. The largest absolute Gasteiger partial charge is 0.481 e. The molecule has 0 radical (unpaired) electrons. The molecule has 0 aromatic rings. The molecule has 0 fully saturated rings. The molecule has 0 bridgehead atoms. The van der Waals surface area contributed by atoms with E-state index in [1.165, 1.54) is 6.92 Å². The Labute approximate surface area is 168 Å². The highest BCUT2D eigenvalue weighted by Gasteiger charge is 2.30. The molecular formula is C17H30N4O8. The molecule has 0 aromatic carbocycles. The highest BCUT2D eigenvalue weighted by molar-refractivity contribution is 5.94. The molecule has 29 heavy (non-hydrogen) atoms. The smallest absolute Gasteiger partial charge is 0.328 e. The summed E-state index contributed by atoms with van der Waals surface area (Å²) in [5.41, 5.74) is 5.65. The van der Waals surface area contributed by atoms with Gasteiger partial charge in [0, 0.05) is 6.42 Å². The van der Waals surface area contributed by atoms with Gasteiger partial charge in [0.05, 0.1) is 12.6 Å². The van der Waals surface area contributed by atoms with Crippen molar-refractivity contribution in [2.75, 3.05) is 6.61 Å². The van der Waals surface area contributed by atoms with Crippen molar-refractivity contribution in [3.05, 3.63) is 0 Å². The molecule has 8 N–H and O–H groups in total. The van der Waals surface area contributed by atoms with Crippen LogP contribution in [0.25, 0.3) is 0 Å². The third-order valence-electron chi connectivity index (χ3n) is 4.35. The SMILES string of the molecule is CCC(C)C(NC(=O)C(N)CCC(=O)O)C(=O)NC(C)C(=O)NC(CO)C(=O)O. The first-order valence-corrected chi connectivity index (χ1v) is 9.16. The lowest BCUT2D eigenvalue weighted by atomic mass is 9.97. The first-order valence-electron chi connectivity index (χ1n) is 9.16. The van der Waals surface area contributed by atoms with Crippen LogP contribution in [0.3, 0.4) is 0 Å². The van der Waals surface area contributed by atoms with Crippen molar-refractivity contribution >= 4 is 29.7 Å². The lowest BCUT2D eigenvalue weighted by molar-refractivity contribution is -0.143. The van der Waals surface area contributed by atoms with Gasteiger partial charge in [-0.2, -0.15) is 0 Å². The van der Waals surface area contributed by atoms with E-state index in [9.17, 15) is 24.0 Å². The van der Waals surface area contributed by atoms with E-state index in [1.54, 1.807) is 13.8 Å². The first-order chi connectivity index (χ1) is 13.4. The molecule has 0 saturated carbocycles. The van der Waals surface area contributed by atoms with E-state index in [4.69, 9.17) is 21.1 Å². The number of aliphatic hydroxyl groups is 1. The van der Waals surface area contributed by atoms with E-state index < -0.39 is 60.4 Å². The van der Waals surface area contributed by atoms with Crippen LogP contribution in [-0.4, -0.2) is 75.8 Å². The quantitative estimate of drug-likeness (QED) is 0.172. The van der Waals surface area contributed by atoms with Crippen LogP contribution in [0.1, 0.15) is 40.0 Å². The second-order valence-electron chi connectivity index (χ2n) is 6.72. The number of rotatable bonds is 13. The maximum Gasteiger partial charge on any atom is 0.328 e. The maximum absolute atomic E-state index is 12.6. The Balaban J connectivity index is 5.03. The van der Waals surface area contributed by atoms with Crippen LogP contribution in [0.5, 0.6) is 0 Å². The van der Waals surface area contributed by atoms with Gasteiger partial charge in [-0.05, 0) is 19.3 Å². The van der Waals surface area contributed by atoms with E-state index in [0.717, 1.165) is 0 Å². The van der Waals surface area contributed by atoms with Crippen molar-refractivity contribution < 1.29 is 39.3 Å². The van der Waals surface area contributed by atoms with Gasteiger partial charge in [-0.25, -0.2) is 4.79 Å². The van der Waals surface area contributed by atoms with Gasteiger partial charge in [-0.1, -0.05) is 20.3 Å². The molecule has 0 aromatic heterocycles. The van der Waals surface area contributed by atoms with Crippen molar-refractivity contribution in [1.29, 1.82) is 0 Å². The number of carboxylic acids is 2. The highest BCUT2D eigenvalue weighted by atomic mass is 16.4. The minimum absolute atomic E-state index is 0.105. The minimum atomic E-state index is -1.51. The van der Waals surface area contributed by atoms with Crippen LogP contribution in [-0.2, 0) is 24.0 Å². The predicted octanol–water partition coefficient (Wildman–Crippen LogP) is -2.22. The molecule has 0 heterocycles. The number of aliphatic carboxylic acids is 2. The Morgan fingerprint density at radius 3 is 1.97 bits per heavy atom. The number of aliphatic hydroxyl groups excluding tert-OH is 1. The zero-order valence-corrected chi connectivity index (χ0v) is 16.7. The fraction of sp³-hybridized carbons (Fsp3) is 0.706. The molecule has 12 nitrogen and oxygen atoms in total. The van der Waals surface area contributed by atoms with Crippen molar-refractivity contribution in [2.24, 2.45) is 11.7 Å². The normalized spacial score (nSPS) is 15.9. The summed E-state index contributed by atoms with van der Waals surface area (Å²) < 4.78 is 0. The number of nitrogens with two attached hydrogens (primary N) is 1. The fourth-order valence-corrected chi connectivity index (χ4v) is 2.22. The zero-order valence-electron chi connectivity index (χ0n) is 16.7. The van der Waals surface area contributed by atoms with Crippen LogP contribution in [0.4, 0.5) is 0 Å². The minimum Gasteiger partial charge on any atom is -0.481 e. The summed E-state index contributed by atoms with van der Waals surface area (Å²) >= 11 is 0. The van der Waals surface area contributed by atoms with E-state index in [0.29, 0.717) is 6.42 Å². The molecule has 5 unspecified atom stereocenters. The molecule has 3 amide bonds. The van der Waals surface area contributed by atoms with Gasteiger partial charge in [0.2, 0.25) is 17.7 Å². The van der Waals surface area contributed by atoms with Crippen LogP contribution in [0, 0.1) is 5.92 Å². The third kappa shape index (κ3) is 9.34. The molecular weight excluding hydrogens is 388 g/mol. The number of hydrogen-bond acceptors (Lipinski definition) is 7. The van der Waals surface area contributed by atoms with Crippen molar-refractivity contribution in [2.45, 2.75) is 64.2 Å². The van der Waals surface area contributed by atoms with Gasteiger partial charge < -0.3 is 37.0 Å². The second-order valence-corrected chi connectivity index (χ2v) is 6.72. The maximum atomic E-state index is 12.6. The number of carboxylic acid groups (broad SMARTS) is 2. The van der Waals surface area contributed by atoms with Gasteiger partial charge in [-0.3, -0.25) is 19.2 Å². The van der Waals surface area contributed by atoms with Crippen molar-refractivity contribution in [3.63, 3.8) is 0 Å². The molecule has 5 atom stereocenters. The first kappa shape index (κ1) is 26.3. The molecule has 12 heteroatoms. The Hall–Kier alpha value is -2.73. The standard InChI is InChI=1S/C17H30N4O8/c1-4-8(2)13(21-15(26)10(18)5-6-12(23)24)16(27)19-9(3)14(25)20-11(7-22)17(28)29/h8-11,13,22H,4-7,18H2,1-3H3,(H,19,27)(H,20,25)(H,21,26)(H,23,24)(H,28,29). The zero-order chi connectivity index (χ0) is 22.7. The molecule has 0 rings (SSSR count).